The third kappa shape index (κ3) is 63.8. The van der Waals surface area contributed by atoms with Crippen molar-refractivity contribution in [3.8, 4) is 0 Å². The molecular weight excluding hydrogens is 949 g/mol. The normalized spacial score (nSPS) is 12.4. The van der Waals surface area contributed by atoms with Crippen LogP contribution in [0.1, 0.15) is 355 Å². The molecule has 0 saturated carbocycles. The zero-order valence-corrected chi connectivity index (χ0v) is 51.5. The summed E-state index contributed by atoms with van der Waals surface area (Å²) in [5.41, 5.74) is 0. The molecule has 1 unspecified atom stereocenters. The Hall–Kier alpha value is -2.89. The maximum absolute atomic E-state index is 12.9. The topological polar surface area (TPSA) is 78.9 Å². The Morgan fingerprint density at radius 3 is 0.792 bits per heavy atom. The first-order valence-electron chi connectivity index (χ1n) is 33.8. The fraction of sp³-hybridized carbons (Fsp3) is 0.817. The summed E-state index contributed by atoms with van der Waals surface area (Å²) in [5, 5.41) is 0. The van der Waals surface area contributed by atoms with E-state index < -0.39 is 6.10 Å². The minimum absolute atomic E-state index is 0.0668. The highest BCUT2D eigenvalue weighted by atomic mass is 16.6. The van der Waals surface area contributed by atoms with Gasteiger partial charge in [-0.3, -0.25) is 14.4 Å². The number of esters is 3. The molecule has 0 heterocycles. The van der Waals surface area contributed by atoms with Crippen molar-refractivity contribution in [1.82, 2.24) is 0 Å². The number of hydrogen-bond donors (Lipinski definition) is 0. The molecule has 6 nitrogen and oxygen atoms in total. The number of allylic oxidation sites excluding steroid dienone is 10. The number of unbranched alkanes of at least 4 members (excludes halogenated alkanes) is 41. The van der Waals surface area contributed by atoms with Crippen LogP contribution in [0.2, 0.25) is 0 Å². The lowest BCUT2D eigenvalue weighted by Crippen LogP contribution is -2.30. The molecule has 77 heavy (non-hydrogen) atoms. The van der Waals surface area contributed by atoms with Crippen LogP contribution in [0.25, 0.3) is 0 Å². The molecule has 0 aliphatic heterocycles. The van der Waals surface area contributed by atoms with Crippen molar-refractivity contribution in [3.63, 3.8) is 0 Å². The zero-order chi connectivity index (χ0) is 55.7. The second-order valence-corrected chi connectivity index (χ2v) is 22.7. The van der Waals surface area contributed by atoms with Crippen molar-refractivity contribution in [2.45, 2.75) is 361 Å². The standard InChI is InChI=1S/C71H128O6/c1-4-7-10-13-16-19-22-25-27-28-29-30-31-32-33-34-35-36-37-38-39-40-41-42-44-46-49-52-55-58-61-64-70(73)76-67-68(66-75-69(72)63-60-57-54-51-48-45-24-21-18-15-12-9-6-3)77-71(74)65-62-59-56-53-50-47-43-26-23-20-17-14-11-8-5-2/h7,10,16,19,25,27,29-30,32-33,68H,4-6,8-9,11-15,17-18,20-24,26,28,31,34-67H2,1-3H3/b10-7-,19-16-,27-25-,30-29-,33-32-. The Labute approximate surface area is 479 Å². The van der Waals surface area contributed by atoms with E-state index in [1.54, 1.807) is 0 Å². The van der Waals surface area contributed by atoms with Gasteiger partial charge < -0.3 is 14.2 Å². The maximum atomic E-state index is 12.9. The van der Waals surface area contributed by atoms with E-state index >= 15 is 0 Å². The van der Waals surface area contributed by atoms with Crippen molar-refractivity contribution in [2.75, 3.05) is 13.2 Å². The number of hydrogen-bond acceptors (Lipinski definition) is 6. The first-order valence-corrected chi connectivity index (χ1v) is 33.8. The Kier molecular flexibility index (Phi) is 63.2. The molecule has 448 valence electrons. The average molecular weight is 1080 g/mol. The van der Waals surface area contributed by atoms with E-state index in [2.05, 4.69) is 81.5 Å². The molecule has 0 fully saturated rings. The molecule has 6 heteroatoms. The fourth-order valence-corrected chi connectivity index (χ4v) is 10.0. The van der Waals surface area contributed by atoms with Crippen LogP contribution in [-0.4, -0.2) is 37.2 Å². The highest BCUT2D eigenvalue weighted by Crippen LogP contribution is 2.18. The molecule has 0 aromatic heterocycles. The van der Waals surface area contributed by atoms with Gasteiger partial charge in [0.25, 0.3) is 0 Å². The smallest absolute Gasteiger partial charge is 0.306 e. The van der Waals surface area contributed by atoms with Crippen LogP contribution in [0.3, 0.4) is 0 Å². The van der Waals surface area contributed by atoms with E-state index in [-0.39, 0.29) is 31.1 Å². The maximum Gasteiger partial charge on any atom is 0.306 e. The monoisotopic (exact) mass is 1080 g/mol. The SMILES string of the molecule is CC/C=C\C/C=C\C/C=C\C/C=C\C/C=C\CCCCCCCCCCCCCCCCCC(=O)OCC(COC(=O)CCCCCCCCCCCCCCC)OC(=O)CCCCCCCCCCCCCCCCC. The van der Waals surface area contributed by atoms with Gasteiger partial charge in [0.1, 0.15) is 13.2 Å². The molecule has 0 rings (SSSR count). The minimum atomic E-state index is -0.769. The summed E-state index contributed by atoms with van der Waals surface area (Å²) in [5.74, 6) is -0.843. The van der Waals surface area contributed by atoms with Crippen LogP contribution in [-0.2, 0) is 28.6 Å². The first-order chi connectivity index (χ1) is 38.0. The fourth-order valence-electron chi connectivity index (χ4n) is 10.0. The molecule has 0 aliphatic rings. The van der Waals surface area contributed by atoms with Gasteiger partial charge in [0, 0.05) is 19.3 Å². The number of carbonyl (C=O) groups excluding carboxylic acids is 3. The van der Waals surface area contributed by atoms with E-state index in [1.807, 2.05) is 0 Å². The van der Waals surface area contributed by atoms with Gasteiger partial charge >= 0.3 is 17.9 Å². The summed E-state index contributed by atoms with van der Waals surface area (Å²) in [6.45, 7) is 6.58. The highest BCUT2D eigenvalue weighted by Gasteiger charge is 2.19. The van der Waals surface area contributed by atoms with Crippen LogP contribution in [0.5, 0.6) is 0 Å². The van der Waals surface area contributed by atoms with Crippen LogP contribution < -0.4 is 0 Å². The molecule has 0 saturated heterocycles. The summed E-state index contributed by atoms with van der Waals surface area (Å²) in [7, 11) is 0. The minimum Gasteiger partial charge on any atom is -0.462 e. The molecule has 0 aromatic carbocycles. The van der Waals surface area contributed by atoms with Gasteiger partial charge in [-0.2, -0.15) is 0 Å². The predicted molar refractivity (Wildman–Crippen MR) is 335 cm³/mol. The van der Waals surface area contributed by atoms with Gasteiger partial charge in [-0.05, 0) is 64.2 Å². The van der Waals surface area contributed by atoms with Crippen molar-refractivity contribution in [1.29, 1.82) is 0 Å². The Morgan fingerprint density at radius 1 is 0.273 bits per heavy atom. The van der Waals surface area contributed by atoms with Gasteiger partial charge in [0.15, 0.2) is 6.10 Å². The van der Waals surface area contributed by atoms with Gasteiger partial charge in [-0.15, -0.1) is 0 Å². The average Bonchev–Trinajstić information content (AvgIpc) is 3.43. The van der Waals surface area contributed by atoms with Crippen molar-refractivity contribution < 1.29 is 28.6 Å². The van der Waals surface area contributed by atoms with E-state index in [0.29, 0.717) is 19.3 Å². The van der Waals surface area contributed by atoms with Crippen molar-refractivity contribution in [3.05, 3.63) is 60.8 Å². The van der Waals surface area contributed by atoms with Crippen molar-refractivity contribution in [2.24, 2.45) is 0 Å². The largest absolute Gasteiger partial charge is 0.462 e. The molecule has 0 spiro atoms. The van der Waals surface area contributed by atoms with Crippen LogP contribution in [0.4, 0.5) is 0 Å². The molecule has 1 atom stereocenters. The first kappa shape index (κ1) is 74.1. The lowest BCUT2D eigenvalue weighted by atomic mass is 10.0. The predicted octanol–water partition coefficient (Wildman–Crippen LogP) is 23.1. The lowest BCUT2D eigenvalue weighted by Gasteiger charge is -2.18. The van der Waals surface area contributed by atoms with Gasteiger partial charge in [0.05, 0.1) is 0 Å². The van der Waals surface area contributed by atoms with Gasteiger partial charge in [-0.1, -0.05) is 332 Å². The summed E-state index contributed by atoms with van der Waals surface area (Å²) < 4.78 is 17.0. The third-order valence-corrected chi connectivity index (χ3v) is 15.0. The van der Waals surface area contributed by atoms with Crippen LogP contribution >= 0.6 is 0 Å². The summed E-state index contributed by atoms with van der Waals surface area (Å²) in [4.78, 5) is 38.3. The number of ether oxygens (including phenoxy) is 3. The summed E-state index contributed by atoms with van der Waals surface area (Å²) in [6.07, 6.45) is 83.8. The zero-order valence-electron chi connectivity index (χ0n) is 51.5. The molecule has 0 aromatic rings. The summed E-state index contributed by atoms with van der Waals surface area (Å²) >= 11 is 0. The highest BCUT2D eigenvalue weighted by molar-refractivity contribution is 5.71. The second-order valence-electron chi connectivity index (χ2n) is 22.7. The van der Waals surface area contributed by atoms with E-state index in [0.717, 1.165) is 89.9 Å². The van der Waals surface area contributed by atoms with E-state index in [1.165, 1.54) is 225 Å². The lowest BCUT2D eigenvalue weighted by molar-refractivity contribution is -0.167. The number of rotatable bonds is 62. The quantitative estimate of drug-likeness (QED) is 0.0261. The van der Waals surface area contributed by atoms with E-state index in [9.17, 15) is 14.4 Å². The molecule has 0 amide bonds. The molecule has 0 radical (unpaired) electrons. The molecule has 0 aliphatic carbocycles. The van der Waals surface area contributed by atoms with E-state index in [4.69, 9.17) is 14.2 Å². The Morgan fingerprint density at radius 2 is 0.506 bits per heavy atom. The summed E-state index contributed by atoms with van der Waals surface area (Å²) in [6, 6.07) is 0. The Bertz CT molecular complexity index is 1380. The van der Waals surface area contributed by atoms with Gasteiger partial charge in [0.2, 0.25) is 0 Å². The van der Waals surface area contributed by atoms with Crippen LogP contribution in [0, 0.1) is 0 Å². The molecule has 0 N–H and O–H groups in total. The van der Waals surface area contributed by atoms with Crippen LogP contribution in [0.15, 0.2) is 60.8 Å². The molecule has 0 bridgehead atoms. The second kappa shape index (κ2) is 65.6. The Balaban J connectivity index is 4.16. The van der Waals surface area contributed by atoms with Crippen molar-refractivity contribution >= 4 is 17.9 Å². The molecular formula is C71H128O6. The number of carbonyl (C=O) groups is 3. The third-order valence-electron chi connectivity index (χ3n) is 15.0. The van der Waals surface area contributed by atoms with Gasteiger partial charge in [-0.25, -0.2) is 0 Å².